The maximum absolute atomic E-state index is 12.8. The predicted octanol–water partition coefficient (Wildman–Crippen LogP) is 2.94. The molecule has 3 heterocycles. The van der Waals surface area contributed by atoms with Crippen LogP contribution in [0.3, 0.4) is 0 Å². The van der Waals surface area contributed by atoms with Crippen LogP contribution in [-0.2, 0) is 16.1 Å². The third-order valence-corrected chi connectivity index (χ3v) is 5.96. The smallest absolute Gasteiger partial charge is 0.475 e. The fourth-order valence-corrected chi connectivity index (χ4v) is 4.03. The van der Waals surface area contributed by atoms with Gasteiger partial charge >= 0.3 is 12.1 Å². The summed E-state index contributed by atoms with van der Waals surface area (Å²) in [6.07, 6.45) is 4.49. The van der Waals surface area contributed by atoms with Gasteiger partial charge in [0.15, 0.2) is 0 Å². The molecule has 1 amide bonds. The molecule has 3 fully saturated rings. The van der Waals surface area contributed by atoms with Crippen LogP contribution in [0.25, 0.3) is 0 Å². The molecule has 2 saturated heterocycles. The number of aliphatic carboxylic acids is 1. The Balaban J connectivity index is 0.000000298. The number of pyridine rings is 1. The first kappa shape index (κ1) is 21.5. The highest BCUT2D eigenvalue weighted by atomic mass is 19.4. The fraction of sp³-hybridized carbons (Fsp3) is 0.650. The zero-order valence-electron chi connectivity index (χ0n) is 16.2. The molecule has 2 aliphatic heterocycles. The summed E-state index contributed by atoms with van der Waals surface area (Å²) in [6, 6.07) is 4.13. The summed E-state index contributed by atoms with van der Waals surface area (Å²) in [5.74, 6) is -1.49. The summed E-state index contributed by atoms with van der Waals surface area (Å²) < 4.78 is 31.7. The number of likely N-dealkylation sites (tertiary alicyclic amines) is 2. The van der Waals surface area contributed by atoms with E-state index in [4.69, 9.17) is 9.90 Å². The predicted molar refractivity (Wildman–Crippen MR) is 98.8 cm³/mol. The summed E-state index contributed by atoms with van der Waals surface area (Å²) >= 11 is 0. The van der Waals surface area contributed by atoms with Crippen molar-refractivity contribution in [2.24, 2.45) is 11.3 Å². The maximum Gasteiger partial charge on any atom is 0.490 e. The molecule has 3 aliphatic rings. The fourth-order valence-electron chi connectivity index (χ4n) is 4.03. The van der Waals surface area contributed by atoms with Gasteiger partial charge in [-0.3, -0.25) is 14.7 Å². The molecule has 1 aliphatic carbocycles. The van der Waals surface area contributed by atoms with E-state index >= 15 is 0 Å². The number of hydrogen-bond donors (Lipinski definition) is 1. The Bertz CT molecular complexity index is 715. The van der Waals surface area contributed by atoms with Crippen molar-refractivity contribution < 1.29 is 27.9 Å². The molecule has 1 spiro atoms. The monoisotopic (exact) mass is 413 g/mol. The van der Waals surface area contributed by atoms with Crippen molar-refractivity contribution in [2.45, 2.75) is 44.8 Å². The van der Waals surface area contributed by atoms with Gasteiger partial charge < -0.3 is 10.0 Å². The first-order valence-corrected chi connectivity index (χ1v) is 9.90. The highest BCUT2D eigenvalue weighted by Crippen LogP contribution is 2.43. The summed E-state index contributed by atoms with van der Waals surface area (Å²) in [5.41, 5.74) is 1.24. The molecular formula is C20H26F3N3O3. The van der Waals surface area contributed by atoms with Gasteiger partial charge in [0.25, 0.3) is 0 Å². The SMILES string of the molecule is O=C(O)C(F)(F)F.O=C1N(CC2CC2)CCC12CCN(Cc1cccnc1)CC2. The van der Waals surface area contributed by atoms with Gasteiger partial charge in [0, 0.05) is 32.0 Å². The average molecular weight is 413 g/mol. The summed E-state index contributed by atoms with van der Waals surface area (Å²) in [7, 11) is 0. The summed E-state index contributed by atoms with van der Waals surface area (Å²) in [5, 5.41) is 7.12. The van der Waals surface area contributed by atoms with Gasteiger partial charge in [0.05, 0.1) is 5.41 Å². The Morgan fingerprint density at radius 1 is 1.21 bits per heavy atom. The number of hydrogen-bond acceptors (Lipinski definition) is 4. The van der Waals surface area contributed by atoms with Crippen LogP contribution in [0.5, 0.6) is 0 Å². The first-order chi connectivity index (χ1) is 13.7. The first-order valence-electron chi connectivity index (χ1n) is 9.90. The topological polar surface area (TPSA) is 73.7 Å². The van der Waals surface area contributed by atoms with Crippen LogP contribution in [0.4, 0.5) is 13.2 Å². The molecule has 4 rings (SSSR count). The van der Waals surface area contributed by atoms with Crippen molar-refractivity contribution >= 4 is 11.9 Å². The quantitative estimate of drug-likeness (QED) is 0.822. The molecule has 1 aromatic heterocycles. The van der Waals surface area contributed by atoms with E-state index in [0.29, 0.717) is 5.91 Å². The van der Waals surface area contributed by atoms with Crippen LogP contribution in [-0.4, -0.2) is 64.1 Å². The Morgan fingerprint density at radius 2 is 1.83 bits per heavy atom. The molecule has 1 N–H and O–H groups in total. The van der Waals surface area contributed by atoms with E-state index in [1.165, 1.54) is 18.4 Å². The molecule has 1 saturated carbocycles. The molecule has 0 aromatic carbocycles. The lowest BCUT2D eigenvalue weighted by molar-refractivity contribution is -0.192. The van der Waals surface area contributed by atoms with Crippen LogP contribution >= 0.6 is 0 Å². The summed E-state index contributed by atoms with van der Waals surface area (Å²) in [6.45, 7) is 5.07. The molecule has 29 heavy (non-hydrogen) atoms. The molecule has 1 aromatic rings. The standard InChI is InChI=1S/C18H25N3O.C2HF3O2/c22-17-18(7-11-21(17)14-15-3-4-15)5-9-20(10-6-18)13-16-2-1-8-19-12-16;3-2(4,5)1(6)7/h1-2,8,12,15H,3-7,9-11,13-14H2;(H,6,7). The number of amides is 1. The normalized spacial score (nSPS) is 21.8. The number of rotatable bonds is 4. The van der Waals surface area contributed by atoms with Crippen molar-refractivity contribution in [3.63, 3.8) is 0 Å². The number of piperidine rings is 1. The molecule has 9 heteroatoms. The van der Waals surface area contributed by atoms with Crippen LogP contribution in [0.15, 0.2) is 24.5 Å². The van der Waals surface area contributed by atoms with Gasteiger partial charge in [-0.15, -0.1) is 0 Å². The van der Waals surface area contributed by atoms with E-state index in [0.717, 1.165) is 57.9 Å². The highest BCUT2D eigenvalue weighted by Gasteiger charge is 2.48. The van der Waals surface area contributed by atoms with Crippen molar-refractivity contribution in [2.75, 3.05) is 26.2 Å². The van der Waals surface area contributed by atoms with Crippen LogP contribution in [0.2, 0.25) is 0 Å². The highest BCUT2D eigenvalue weighted by molar-refractivity contribution is 5.85. The van der Waals surface area contributed by atoms with Crippen molar-refractivity contribution in [3.8, 4) is 0 Å². The van der Waals surface area contributed by atoms with Gasteiger partial charge in [0.2, 0.25) is 5.91 Å². The number of carbonyl (C=O) groups excluding carboxylic acids is 1. The van der Waals surface area contributed by atoms with E-state index in [9.17, 15) is 18.0 Å². The third kappa shape index (κ3) is 5.68. The van der Waals surface area contributed by atoms with E-state index in [1.54, 1.807) is 0 Å². The number of alkyl halides is 3. The Kier molecular flexibility index (Phi) is 6.45. The van der Waals surface area contributed by atoms with Crippen LogP contribution in [0, 0.1) is 11.3 Å². The Hall–Kier alpha value is -2.16. The van der Waals surface area contributed by atoms with Gasteiger partial charge in [-0.2, -0.15) is 13.2 Å². The lowest BCUT2D eigenvalue weighted by Gasteiger charge is -2.38. The van der Waals surface area contributed by atoms with Crippen LogP contribution < -0.4 is 0 Å². The molecular weight excluding hydrogens is 387 g/mol. The zero-order valence-corrected chi connectivity index (χ0v) is 16.2. The maximum atomic E-state index is 12.8. The minimum absolute atomic E-state index is 0.0275. The van der Waals surface area contributed by atoms with Gasteiger partial charge in [-0.1, -0.05) is 6.07 Å². The lowest BCUT2D eigenvalue weighted by atomic mass is 9.77. The molecule has 0 radical (unpaired) electrons. The number of carbonyl (C=O) groups is 2. The minimum Gasteiger partial charge on any atom is -0.475 e. The van der Waals surface area contributed by atoms with Gasteiger partial charge in [-0.25, -0.2) is 4.79 Å². The average Bonchev–Trinajstić information content (AvgIpc) is 3.45. The molecule has 0 bridgehead atoms. The molecule has 160 valence electrons. The Morgan fingerprint density at radius 3 is 2.34 bits per heavy atom. The van der Waals surface area contributed by atoms with Gasteiger partial charge in [-0.05, 0) is 62.7 Å². The Labute approximate surface area is 167 Å². The lowest BCUT2D eigenvalue weighted by Crippen LogP contribution is -2.44. The molecule has 6 nitrogen and oxygen atoms in total. The van der Waals surface area contributed by atoms with Gasteiger partial charge in [0.1, 0.15) is 0 Å². The summed E-state index contributed by atoms with van der Waals surface area (Å²) in [4.78, 5) is 30.5. The molecule has 0 atom stereocenters. The van der Waals surface area contributed by atoms with Crippen molar-refractivity contribution in [3.05, 3.63) is 30.1 Å². The van der Waals surface area contributed by atoms with E-state index < -0.39 is 12.1 Å². The molecule has 0 unspecified atom stereocenters. The van der Waals surface area contributed by atoms with Crippen molar-refractivity contribution in [1.82, 2.24) is 14.8 Å². The number of nitrogens with zero attached hydrogens (tertiary/aromatic N) is 3. The number of halogens is 3. The minimum atomic E-state index is -5.08. The number of aromatic nitrogens is 1. The second kappa shape index (κ2) is 8.69. The van der Waals surface area contributed by atoms with Crippen molar-refractivity contribution in [1.29, 1.82) is 0 Å². The second-order valence-corrected chi connectivity index (χ2v) is 8.17. The number of carboxylic acid groups (broad SMARTS) is 1. The zero-order chi connectivity index (χ0) is 21.1. The largest absolute Gasteiger partial charge is 0.490 e. The van der Waals surface area contributed by atoms with E-state index in [1.807, 2.05) is 18.5 Å². The van der Waals surface area contributed by atoms with E-state index in [2.05, 4.69) is 20.9 Å². The van der Waals surface area contributed by atoms with E-state index in [-0.39, 0.29) is 5.41 Å². The third-order valence-electron chi connectivity index (χ3n) is 5.96. The number of carboxylic acids is 1. The second-order valence-electron chi connectivity index (χ2n) is 8.17. The van der Waals surface area contributed by atoms with Crippen LogP contribution in [0.1, 0.15) is 37.7 Å².